The second-order valence-electron chi connectivity index (χ2n) is 5.08. The minimum Gasteiger partial charge on any atom is -0.507 e. The van der Waals surface area contributed by atoms with Crippen LogP contribution in [0.4, 0.5) is 5.69 Å². The van der Waals surface area contributed by atoms with Crippen molar-refractivity contribution < 1.29 is 24.2 Å². The normalized spacial score (nSPS) is 17.6. The fraction of sp³-hybridized carbons (Fsp3) is 0.118. The smallest absolute Gasteiger partial charge is 0.339 e. The minimum atomic E-state index is -1.22. The Morgan fingerprint density at radius 1 is 1.40 bits per heavy atom. The van der Waals surface area contributed by atoms with Gasteiger partial charge in [0.05, 0.1) is 16.9 Å². The number of aromatic carboxylic acids is 1. The predicted molar refractivity (Wildman–Crippen MR) is 93.8 cm³/mol. The van der Waals surface area contributed by atoms with Crippen molar-refractivity contribution in [2.45, 2.75) is 6.92 Å². The summed E-state index contributed by atoms with van der Waals surface area (Å²) in [5.41, 5.74) is 0.153. The third kappa shape index (κ3) is 3.43. The molecular weight excluding hydrogens is 344 g/mol. The van der Waals surface area contributed by atoms with Gasteiger partial charge in [-0.05, 0) is 43.0 Å². The molecule has 1 aliphatic rings. The van der Waals surface area contributed by atoms with Crippen LogP contribution >= 0.6 is 11.8 Å². The first-order chi connectivity index (χ1) is 12.0. The van der Waals surface area contributed by atoms with E-state index in [1.165, 1.54) is 41.1 Å². The quantitative estimate of drug-likeness (QED) is 0.813. The molecule has 0 bridgehead atoms. The molecule has 8 heteroatoms. The molecule has 0 saturated carbocycles. The summed E-state index contributed by atoms with van der Waals surface area (Å²) in [7, 11) is 0. The highest BCUT2D eigenvalue weighted by Crippen LogP contribution is 2.34. The molecule has 2 N–H and O–H groups in total. The lowest BCUT2D eigenvalue weighted by Crippen LogP contribution is -2.28. The molecule has 1 aliphatic heterocycles. The van der Waals surface area contributed by atoms with Crippen LogP contribution in [0.25, 0.3) is 6.08 Å². The van der Waals surface area contributed by atoms with Crippen molar-refractivity contribution in [3.8, 4) is 5.75 Å². The lowest BCUT2D eigenvalue weighted by atomic mass is 10.2. The third-order valence-electron chi connectivity index (χ3n) is 3.46. The molecule has 1 fully saturated rings. The number of aromatic hydroxyl groups is 1. The zero-order valence-electron chi connectivity index (χ0n) is 13.2. The van der Waals surface area contributed by atoms with Crippen LogP contribution < -0.4 is 0 Å². The molecule has 7 nitrogen and oxygen atoms in total. The van der Waals surface area contributed by atoms with Gasteiger partial charge in [0.25, 0.3) is 5.91 Å². The predicted octanol–water partition coefficient (Wildman–Crippen LogP) is 3.31. The Kier molecular flexibility index (Phi) is 4.62. The number of carboxylic acid groups (broad SMARTS) is 1. The third-order valence-corrected chi connectivity index (χ3v) is 4.46. The summed E-state index contributed by atoms with van der Waals surface area (Å²) in [6.07, 6.45) is 3.17. The van der Waals surface area contributed by atoms with Gasteiger partial charge in [0.1, 0.15) is 17.1 Å². The Hall–Kier alpha value is -3.00. The van der Waals surface area contributed by atoms with E-state index in [2.05, 4.69) is 4.99 Å². The van der Waals surface area contributed by atoms with E-state index in [-0.39, 0.29) is 17.2 Å². The van der Waals surface area contributed by atoms with E-state index in [9.17, 15) is 14.7 Å². The number of thioether (sulfide) groups is 1. The van der Waals surface area contributed by atoms with Crippen LogP contribution in [0.3, 0.4) is 0 Å². The van der Waals surface area contributed by atoms with Crippen molar-refractivity contribution in [3.05, 3.63) is 52.8 Å². The van der Waals surface area contributed by atoms with Crippen molar-refractivity contribution in [3.63, 3.8) is 0 Å². The van der Waals surface area contributed by atoms with Crippen molar-refractivity contribution in [2.75, 3.05) is 6.54 Å². The minimum absolute atomic E-state index is 0.186. The van der Waals surface area contributed by atoms with E-state index in [0.717, 1.165) is 0 Å². The Bertz CT molecular complexity index is 886. The standard InChI is InChI=1S/C17H14N2O5S/c1-2-19-15(21)14(9-11-4-3-7-24-11)25-17(19)18-10-5-6-12(16(22)23)13(20)8-10/h3-9,20H,2H2,1H3,(H,22,23)/b14-9-,18-17?. The number of phenols is 1. The second-order valence-corrected chi connectivity index (χ2v) is 6.09. The highest BCUT2D eigenvalue weighted by Gasteiger charge is 2.32. The van der Waals surface area contributed by atoms with Gasteiger partial charge in [-0.2, -0.15) is 0 Å². The fourth-order valence-electron chi connectivity index (χ4n) is 2.25. The number of carboxylic acids is 1. The average Bonchev–Trinajstić information content (AvgIpc) is 3.16. The number of furan rings is 1. The number of aliphatic imine (C=N–C) groups is 1. The summed E-state index contributed by atoms with van der Waals surface area (Å²) in [4.78, 5) is 29.7. The van der Waals surface area contributed by atoms with Crippen LogP contribution in [0.5, 0.6) is 5.75 Å². The van der Waals surface area contributed by atoms with Crippen LogP contribution in [-0.2, 0) is 4.79 Å². The highest BCUT2D eigenvalue weighted by atomic mass is 32.2. The van der Waals surface area contributed by atoms with Gasteiger partial charge in [-0.15, -0.1) is 0 Å². The van der Waals surface area contributed by atoms with E-state index in [1.807, 2.05) is 6.92 Å². The van der Waals surface area contributed by atoms with Crippen LogP contribution in [0.15, 0.2) is 50.9 Å². The number of hydrogen-bond donors (Lipinski definition) is 2. The molecule has 0 spiro atoms. The van der Waals surface area contributed by atoms with Gasteiger partial charge in [0.2, 0.25) is 0 Å². The Morgan fingerprint density at radius 3 is 2.80 bits per heavy atom. The lowest BCUT2D eigenvalue weighted by molar-refractivity contribution is -0.122. The van der Waals surface area contributed by atoms with Gasteiger partial charge in [0, 0.05) is 18.7 Å². The van der Waals surface area contributed by atoms with E-state index >= 15 is 0 Å². The molecule has 0 radical (unpaired) electrons. The van der Waals surface area contributed by atoms with Gasteiger partial charge < -0.3 is 14.6 Å². The van der Waals surface area contributed by atoms with E-state index in [0.29, 0.717) is 28.1 Å². The zero-order chi connectivity index (χ0) is 18.0. The molecule has 0 aliphatic carbocycles. The first-order valence-corrected chi connectivity index (χ1v) is 8.21. The number of nitrogens with zero attached hydrogens (tertiary/aromatic N) is 2. The topological polar surface area (TPSA) is 103 Å². The van der Waals surface area contributed by atoms with Gasteiger partial charge in [-0.3, -0.25) is 9.69 Å². The first-order valence-electron chi connectivity index (χ1n) is 7.39. The summed E-state index contributed by atoms with van der Waals surface area (Å²) in [5.74, 6) is -1.22. The van der Waals surface area contributed by atoms with Gasteiger partial charge in [-0.25, -0.2) is 9.79 Å². The summed E-state index contributed by atoms with van der Waals surface area (Å²) < 4.78 is 5.23. The van der Waals surface area contributed by atoms with Crippen molar-refractivity contribution in [2.24, 2.45) is 4.99 Å². The van der Waals surface area contributed by atoms with Crippen molar-refractivity contribution >= 4 is 40.6 Å². The largest absolute Gasteiger partial charge is 0.507 e. The number of amides is 1. The number of carbonyl (C=O) groups is 2. The number of benzene rings is 1. The van der Waals surface area contributed by atoms with E-state index < -0.39 is 5.97 Å². The monoisotopic (exact) mass is 358 g/mol. The van der Waals surface area contributed by atoms with Gasteiger partial charge >= 0.3 is 5.97 Å². The van der Waals surface area contributed by atoms with Crippen LogP contribution in [0.1, 0.15) is 23.0 Å². The number of carbonyl (C=O) groups excluding carboxylic acids is 1. The van der Waals surface area contributed by atoms with Gasteiger partial charge in [0.15, 0.2) is 5.17 Å². The molecule has 1 amide bonds. The lowest BCUT2D eigenvalue weighted by Gasteiger charge is -2.12. The van der Waals surface area contributed by atoms with Crippen LogP contribution in [0.2, 0.25) is 0 Å². The van der Waals surface area contributed by atoms with Crippen molar-refractivity contribution in [1.82, 2.24) is 4.90 Å². The molecule has 1 saturated heterocycles. The van der Waals surface area contributed by atoms with Crippen molar-refractivity contribution in [1.29, 1.82) is 0 Å². The first kappa shape index (κ1) is 16.8. The molecule has 25 heavy (non-hydrogen) atoms. The molecule has 2 heterocycles. The number of amidine groups is 1. The molecule has 3 rings (SSSR count). The highest BCUT2D eigenvalue weighted by molar-refractivity contribution is 8.18. The Labute approximate surface area is 147 Å². The van der Waals surface area contributed by atoms with Crippen LogP contribution in [0, 0.1) is 0 Å². The van der Waals surface area contributed by atoms with E-state index in [4.69, 9.17) is 9.52 Å². The summed E-state index contributed by atoms with van der Waals surface area (Å²) in [6, 6.07) is 7.48. The molecule has 128 valence electrons. The Balaban J connectivity index is 1.93. The maximum Gasteiger partial charge on any atom is 0.339 e. The number of rotatable bonds is 4. The number of hydrogen-bond acceptors (Lipinski definition) is 6. The SMILES string of the molecule is CCN1C(=O)/C(=C/c2ccco2)SC1=Nc1ccc(C(=O)O)c(O)c1. The average molecular weight is 358 g/mol. The zero-order valence-corrected chi connectivity index (χ0v) is 14.0. The van der Waals surface area contributed by atoms with E-state index in [1.54, 1.807) is 18.2 Å². The Morgan fingerprint density at radius 2 is 2.20 bits per heavy atom. The van der Waals surface area contributed by atoms with Gasteiger partial charge in [-0.1, -0.05) is 0 Å². The van der Waals surface area contributed by atoms with Crippen LogP contribution in [-0.4, -0.2) is 38.7 Å². The maximum absolute atomic E-state index is 12.5. The molecule has 0 unspecified atom stereocenters. The molecule has 0 atom stereocenters. The summed E-state index contributed by atoms with van der Waals surface area (Å²) in [5, 5.41) is 19.2. The molecule has 2 aromatic rings. The molecule has 1 aromatic heterocycles. The number of likely N-dealkylation sites (N-methyl/N-ethyl adjacent to an activating group) is 1. The second kappa shape index (κ2) is 6.86. The maximum atomic E-state index is 12.5. The summed E-state index contributed by atoms with van der Waals surface area (Å²) in [6.45, 7) is 2.26. The molecular formula is C17H14N2O5S. The fourth-order valence-corrected chi connectivity index (χ4v) is 3.30. The molecule has 1 aromatic carbocycles. The summed E-state index contributed by atoms with van der Waals surface area (Å²) >= 11 is 1.19.